The molecule has 0 amide bonds. The van der Waals surface area contributed by atoms with Gasteiger partial charge in [-0.3, -0.25) is 9.59 Å². The lowest BCUT2D eigenvalue weighted by Crippen LogP contribution is -2.38. The van der Waals surface area contributed by atoms with Crippen molar-refractivity contribution in [3.63, 3.8) is 0 Å². The van der Waals surface area contributed by atoms with Gasteiger partial charge < -0.3 is 9.84 Å². The maximum absolute atomic E-state index is 11.7. The molecule has 6 heteroatoms. The van der Waals surface area contributed by atoms with Crippen LogP contribution in [0.1, 0.15) is 71.1 Å². The van der Waals surface area contributed by atoms with Crippen LogP contribution in [0.25, 0.3) is 0 Å². The molecular formula is C16H28O6. The van der Waals surface area contributed by atoms with Crippen LogP contribution >= 0.6 is 0 Å². The molecule has 0 saturated carbocycles. The lowest BCUT2D eigenvalue weighted by Gasteiger charge is -2.25. The number of ether oxygens (including phenoxy) is 1. The molecule has 0 aromatic rings. The van der Waals surface area contributed by atoms with E-state index >= 15 is 0 Å². The molecule has 1 heterocycles. The SMILES string of the molecule is CCCCCCCCCCCC(C(=O)O)C(=O)OC1COO1. The maximum Gasteiger partial charge on any atom is 0.322 e. The number of unbranched alkanes of at least 4 members (excludes halogenated alkanes) is 8. The van der Waals surface area contributed by atoms with Gasteiger partial charge in [-0.1, -0.05) is 64.7 Å². The lowest BCUT2D eigenvalue weighted by atomic mass is 10.00. The number of hydrogen-bond acceptors (Lipinski definition) is 5. The Morgan fingerprint density at radius 2 is 1.64 bits per heavy atom. The predicted molar refractivity (Wildman–Crippen MR) is 79.9 cm³/mol. The molecule has 0 bridgehead atoms. The quantitative estimate of drug-likeness (QED) is 0.242. The fourth-order valence-corrected chi connectivity index (χ4v) is 2.39. The van der Waals surface area contributed by atoms with Crippen LogP contribution in [0.15, 0.2) is 0 Å². The van der Waals surface area contributed by atoms with Crippen molar-refractivity contribution < 1.29 is 29.2 Å². The molecule has 1 N–H and O–H groups in total. The molecule has 1 aliphatic heterocycles. The van der Waals surface area contributed by atoms with Crippen LogP contribution in [0.3, 0.4) is 0 Å². The zero-order chi connectivity index (χ0) is 16.2. The minimum Gasteiger partial charge on any atom is -0.481 e. The Morgan fingerprint density at radius 3 is 2.09 bits per heavy atom. The molecule has 1 fully saturated rings. The fourth-order valence-electron chi connectivity index (χ4n) is 2.39. The number of carbonyl (C=O) groups excluding carboxylic acids is 1. The predicted octanol–water partition coefficient (Wildman–Crippen LogP) is 3.44. The highest BCUT2D eigenvalue weighted by Crippen LogP contribution is 2.17. The summed E-state index contributed by atoms with van der Waals surface area (Å²) in [7, 11) is 0. The summed E-state index contributed by atoms with van der Waals surface area (Å²) in [5.41, 5.74) is 0. The molecule has 0 radical (unpaired) electrons. The number of carboxylic acid groups (broad SMARTS) is 1. The number of hydrogen-bond donors (Lipinski definition) is 1. The van der Waals surface area contributed by atoms with Crippen LogP contribution in [0.5, 0.6) is 0 Å². The summed E-state index contributed by atoms with van der Waals surface area (Å²) >= 11 is 0. The van der Waals surface area contributed by atoms with Gasteiger partial charge in [0.15, 0.2) is 5.92 Å². The van der Waals surface area contributed by atoms with E-state index in [-0.39, 0.29) is 6.61 Å². The van der Waals surface area contributed by atoms with Crippen molar-refractivity contribution in [3.8, 4) is 0 Å². The van der Waals surface area contributed by atoms with Gasteiger partial charge >= 0.3 is 11.9 Å². The molecule has 2 atom stereocenters. The molecule has 0 spiro atoms. The lowest BCUT2D eigenvalue weighted by molar-refractivity contribution is -0.473. The van der Waals surface area contributed by atoms with E-state index in [1.165, 1.54) is 38.5 Å². The first-order chi connectivity index (χ1) is 10.6. The number of carboxylic acids is 1. The number of rotatable bonds is 13. The normalized spacial score (nSPS) is 18.5. The molecule has 0 aliphatic carbocycles. The molecule has 0 aromatic heterocycles. The Labute approximate surface area is 132 Å². The number of aliphatic carboxylic acids is 1. The van der Waals surface area contributed by atoms with E-state index in [0.717, 1.165) is 19.3 Å². The summed E-state index contributed by atoms with van der Waals surface area (Å²) in [6.45, 7) is 2.37. The van der Waals surface area contributed by atoms with Gasteiger partial charge in [-0.05, 0) is 6.42 Å². The highest BCUT2D eigenvalue weighted by atomic mass is 17.3. The van der Waals surface area contributed by atoms with Gasteiger partial charge in [-0.15, -0.1) is 0 Å². The molecule has 128 valence electrons. The summed E-state index contributed by atoms with van der Waals surface area (Å²) in [5, 5.41) is 9.10. The van der Waals surface area contributed by atoms with Crippen molar-refractivity contribution >= 4 is 11.9 Å². The van der Waals surface area contributed by atoms with E-state index in [1.807, 2.05) is 0 Å². The van der Waals surface area contributed by atoms with Crippen molar-refractivity contribution in [2.24, 2.45) is 5.92 Å². The fraction of sp³-hybridized carbons (Fsp3) is 0.875. The van der Waals surface area contributed by atoms with Crippen molar-refractivity contribution in [2.45, 2.75) is 77.4 Å². The van der Waals surface area contributed by atoms with Crippen LogP contribution in [-0.2, 0) is 24.1 Å². The van der Waals surface area contributed by atoms with E-state index < -0.39 is 24.1 Å². The van der Waals surface area contributed by atoms with Crippen molar-refractivity contribution in [1.82, 2.24) is 0 Å². The second-order valence-electron chi connectivity index (χ2n) is 5.76. The van der Waals surface area contributed by atoms with Gasteiger partial charge in [-0.25, -0.2) is 4.89 Å². The van der Waals surface area contributed by atoms with Gasteiger partial charge in [0, 0.05) is 0 Å². The van der Waals surface area contributed by atoms with E-state index in [1.54, 1.807) is 0 Å². The zero-order valence-electron chi connectivity index (χ0n) is 13.4. The van der Waals surface area contributed by atoms with Crippen molar-refractivity contribution in [2.75, 3.05) is 6.61 Å². The summed E-state index contributed by atoms with van der Waals surface area (Å²) in [5.74, 6) is -2.97. The summed E-state index contributed by atoms with van der Waals surface area (Å²) in [6, 6.07) is 0. The first-order valence-electron chi connectivity index (χ1n) is 8.36. The Hall–Kier alpha value is -1.14. The van der Waals surface area contributed by atoms with Crippen LogP contribution in [0.2, 0.25) is 0 Å². The first kappa shape index (κ1) is 18.9. The highest BCUT2D eigenvalue weighted by Gasteiger charge is 2.32. The second kappa shape index (κ2) is 11.4. The first-order valence-corrected chi connectivity index (χ1v) is 8.36. The van der Waals surface area contributed by atoms with Crippen LogP contribution in [0, 0.1) is 5.92 Å². The molecule has 1 rings (SSSR count). The van der Waals surface area contributed by atoms with Crippen LogP contribution in [-0.4, -0.2) is 29.9 Å². The molecule has 1 saturated heterocycles. The smallest absolute Gasteiger partial charge is 0.322 e. The third-order valence-electron chi connectivity index (χ3n) is 3.81. The van der Waals surface area contributed by atoms with Crippen molar-refractivity contribution in [3.05, 3.63) is 0 Å². The molecular weight excluding hydrogens is 288 g/mol. The van der Waals surface area contributed by atoms with Gasteiger partial charge in [0.1, 0.15) is 6.61 Å². The number of carbonyl (C=O) groups is 2. The summed E-state index contributed by atoms with van der Waals surface area (Å²) < 4.78 is 4.88. The monoisotopic (exact) mass is 316 g/mol. The Morgan fingerprint density at radius 1 is 1.09 bits per heavy atom. The molecule has 2 unspecified atom stereocenters. The van der Waals surface area contributed by atoms with Crippen LogP contribution in [0.4, 0.5) is 0 Å². The minimum atomic E-state index is -1.13. The Kier molecular flexibility index (Phi) is 9.82. The van der Waals surface area contributed by atoms with Gasteiger partial charge in [0.25, 0.3) is 6.29 Å². The van der Waals surface area contributed by atoms with E-state index in [0.29, 0.717) is 6.42 Å². The van der Waals surface area contributed by atoms with E-state index in [9.17, 15) is 9.59 Å². The molecule has 1 aliphatic rings. The van der Waals surface area contributed by atoms with E-state index in [2.05, 4.69) is 16.7 Å². The molecule has 6 nitrogen and oxygen atoms in total. The average molecular weight is 316 g/mol. The number of esters is 1. The van der Waals surface area contributed by atoms with Gasteiger partial charge in [-0.2, -0.15) is 4.89 Å². The van der Waals surface area contributed by atoms with Crippen molar-refractivity contribution in [1.29, 1.82) is 0 Å². The summed E-state index contributed by atoms with van der Waals surface area (Å²) in [6.07, 6.45) is 9.89. The Balaban J connectivity index is 2.06. The standard InChI is InChI=1S/C16H28O6/c1-2-3-4-5-6-7-8-9-10-11-13(15(17)18)16(19)21-14-12-20-22-14/h13-14H,2-12H2,1H3,(H,17,18). The van der Waals surface area contributed by atoms with E-state index in [4.69, 9.17) is 9.84 Å². The third kappa shape index (κ3) is 7.75. The highest BCUT2D eigenvalue weighted by molar-refractivity contribution is 5.93. The topological polar surface area (TPSA) is 82.1 Å². The molecule has 22 heavy (non-hydrogen) atoms. The molecule has 0 aromatic carbocycles. The van der Waals surface area contributed by atoms with Crippen LogP contribution < -0.4 is 0 Å². The largest absolute Gasteiger partial charge is 0.481 e. The van der Waals surface area contributed by atoms with Gasteiger partial charge in [0.05, 0.1) is 0 Å². The second-order valence-corrected chi connectivity index (χ2v) is 5.76. The maximum atomic E-state index is 11.7. The minimum absolute atomic E-state index is 0.163. The third-order valence-corrected chi connectivity index (χ3v) is 3.81. The average Bonchev–Trinajstić information content (AvgIpc) is 2.44. The Bertz CT molecular complexity index is 327. The van der Waals surface area contributed by atoms with Gasteiger partial charge in [0.2, 0.25) is 0 Å². The zero-order valence-corrected chi connectivity index (χ0v) is 13.4. The summed E-state index contributed by atoms with van der Waals surface area (Å²) in [4.78, 5) is 31.7.